The van der Waals surface area contributed by atoms with Crippen molar-refractivity contribution in [3.8, 4) is 0 Å². The molecule has 0 saturated heterocycles. The minimum Gasteiger partial charge on any atom is -0.348 e. The average Bonchev–Trinajstić information content (AvgIpc) is 3.37. The predicted octanol–water partition coefficient (Wildman–Crippen LogP) is 5.48. The van der Waals surface area contributed by atoms with E-state index in [2.05, 4.69) is 35.0 Å². The molecule has 160 valence electrons. The molecule has 0 aliphatic heterocycles. The van der Waals surface area contributed by atoms with Gasteiger partial charge in [-0.2, -0.15) is 0 Å². The first-order valence-electron chi connectivity index (χ1n) is 11.3. The summed E-state index contributed by atoms with van der Waals surface area (Å²) in [6.07, 6.45) is 6.00. The molecule has 0 bridgehead atoms. The smallest absolute Gasteiger partial charge is 0.227 e. The molecule has 0 spiro atoms. The van der Waals surface area contributed by atoms with Gasteiger partial charge in [-0.3, -0.25) is 4.79 Å². The van der Waals surface area contributed by atoms with Crippen LogP contribution in [0.25, 0.3) is 21.3 Å². The van der Waals surface area contributed by atoms with Gasteiger partial charge in [-0.1, -0.05) is 43.5 Å². The van der Waals surface area contributed by atoms with Gasteiger partial charge < -0.3 is 9.88 Å². The molecule has 1 N–H and O–H groups in total. The van der Waals surface area contributed by atoms with E-state index in [1.54, 1.807) is 11.3 Å². The molecule has 0 atom stereocenters. The normalized spacial score (nSPS) is 16.0. The fraction of sp³-hybridized carbons (Fsp3) is 0.400. The Morgan fingerprint density at radius 2 is 1.77 bits per heavy atom. The van der Waals surface area contributed by atoms with Crippen LogP contribution in [-0.2, 0) is 24.3 Å². The molecule has 2 aromatic heterocycles. The Bertz CT molecular complexity index is 1190. The Morgan fingerprint density at radius 3 is 2.55 bits per heavy atom. The van der Waals surface area contributed by atoms with Gasteiger partial charge >= 0.3 is 0 Å². The van der Waals surface area contributed by atoms with Crippen LogP contribution in [-0.4, -0.2) is 20.4 Å². The predicted molar refractivity (Wildman–Crippen MR) is 126 cm³/mol. The fourth-order valence-electron chi connectivity index (χ4n) is 4.96. The van der Waals surface area contributed by atoms with Crippen LogP contribution in [0.2, 0.25) is 0 Å². The minimum absolute atomic E-state index is 0.154. The lowest BCUT2D eigenvalue weighted by atomic mass is 9.71. The van der Waals surface area contributed by atoms with Crippen LogP contribution in [0, 0.1) is 5.41 Å². The van der Waals surface area contributed by atoms with Gasteiger partial charge in [0.1, 0.15) is 5.82 Å². The molecular weight excluding hydrogens is 404 g/mol. The third-order valence-corrected chi connectivity index (χ3v) is 7.61. The number of hydrogen-bond donors (Lipinski definition) is 1. The van der Waals surface area contributed by atoms with Gasteiger partial charge in [0, 0.05) is 13.0 Å². The number of benzene rings is 2. The molecule has 4 aromatic rings. The second kappa shape index (κ2) is 8.42. The van der Waals surface area contributed by atoms with E-state index in [1.807, 2.05) is 30.3 Å². The quantitative estimate of drug-likeness (QED) is 0.439. The first kappa shape index (κ1) is 20.2. The first-order valence-corrected chi connectivity index (χ1v) is 12.1. The van der Waals surface area contributed by atoms with E-state index in [9.17, 15) is 4.79 Å². The Hall–Kier alpha value is -2.73. The average molecular weight is 433 g/mol. The van der Waals surface area contributed by atoms with Gasteiger partial charge in [-0.15, -0.1) is 11.3 Å². The minimum atomic E-state index is -0.366. The molecule has 1 saturated carbocycles. The van der Waals surface area contributed by atoms with Crippen molar-refractivity contribution in [2.75, 3.05) is 0 Å². The molecule has 1 aliphatic carbocycles. The van der Waals surface area contributed by atoms with Crippen molar-refractivity contribution >= 4 is 38.5 Å². The zero-order valence-corrected chi connectivity index (χ0v) is 18.8. The molecule has 1 aliphatic rings. The zero-order chi connectivity index (χ0) is 21.3. The van der Waals surface area contributed by atoms with Crippen molar-refractivity contribution in [3.05, 3.63) is 59.4 Å². The highest BCUT2D eigenvalue weighted by molar-refractivity contribution is 7.18. The highest BCUT2D eigenvalue weighted by Gasteiger charge is 2.40. The molecule has 31 heavy (non-hydrogen) atoms. The van der Waals surface area contributed by atoms with E-state index < -0.39 is 0 Å². The number of nitrogens with one attached hydrogen (secondary N) is 1. The molecule has 2 heterocycles. The molecule has 5 rings (SSSR count). The maximum atomic E-state index is 13.6. The number of aryl methyl sites for hydroxylation is 1. The second-order valence-electron chi connectivity index (χ2n) is 8.54. The zero-order valence-electron chi connectivity index (χ0n) is 17.9. The van der Waals surface area contributed by atoms with Gasteiger partial charge in [0.25, 0.3) is 0 Å². The van der Waals surface area contributed by atoms with Crippen molar-refractivity contribution < 1.29 is 4.79 Å². The number of para-hydroxylation sites is 3. The van der Waals surface area contributed by atoms with Crippen LogP contribution in [0.3, 0.4) is 0 Å². The van der Waals surface area contributed by atoms with E-state index in [1.165, 1.54) is 11.1 Å². The fourth-order valence-corrected chi connectivity index (χ4v) is 6.07. The van der Waals surface area contributed by atoms with Gasteiger partial charge in [0.2, 0.25) is 5.91 Å². The summed E-state index contributed by atoms with van der Waals surface area (Å²) in [5, 5.41) is 4.32. The Labute approximate surface area is 186 Å². The lowest BCUT2D eigenvalue weighted by Crippen LogP contribution is -2.44. The second-order valence-corrected chi connectivity index (χ2v) is 9.65. The standard InChI is InChI=1S/C25H28N4OS/c1-2-29-20-12-6-4-10-18(20)27-22(29)17-26-24(30)25(14-8-3-9-15-25)16-23-28-19-11-5-7-13-21(19)31-23/h4-7,10-13H,2-3,8-9,14-17H2,1H3,(H,26,30). The summed E-state index contributed by atoms with van der Waals surface area (Å²) in [4.78, 5) is 23.2. The molecule has 2 aromatic carbocycles. The number of rotatable bonds is 6. The lowest BCUT2D eigenvalue weighted by Gasteiger charge is -2.35. The SMILES string of the molecule is CCn1c(CNC(=O)C2(Cc3nc4ccccc4s3)CCCCC2)nc2ccccc21. The number of imidazole rings is 1. The number of hydrogen-bond acceptors (Lipinski definition) is 4. The van der Waals surface area contributed by atoms with Gasteiger partial charge in [-0.05, 0) is 44.0 Å². The maximum absolute atomic E-state index is 13.6. The monoisotopic (exact) mass is 432 g/mol. The molecule has 1 fully saturated rings. The number of carbonyl (C=O) groups is 1. The van der Waals surface area contributed by atoms with E-state index in [0.717, 1.165) is 66.0 Å². The van der Waals surface area contributed by atoms with E-state index in [-0.39, 0.29) is 11.3 Å². The van der Waals surface area contributed by atoms with Crippen molar-refractivity contribution in [2.24, 2.45) is 5.41 Å². The van der Waals surface area contributed by atoms with Crippen LogP contribution >= 0.6 is 11.3 Å². The van der Waals surface area contributed by atoms with Crippen molar-refractivity contribution in [1.82, 2.24) is 19.9 Å². The summed E-state index contributed by atoms with van der Waals surface area (Å²) in [6.45, 7) is 3.42. The van der Waals surface area contributed by atoms with Crippen molar-refractivity contribution in [2.45, 2.75) is 58.5 Å². The number of thiazole rings is 1. The largest absolute Gasteiger partial charge is 0.348 e. The van der Waals surface area contributed by atoms with Gasteiger partial charge in [0.15, 0.2) is 0 Å². The van der Waals surface area contributed by atoms with Crippen molar-refractivity contribution in [3.63, 3.8) is 0 Å². The highest BCUT2D eigenvalue weighted by atomic mass is 32.1. The summed E-state index contributed by atoms with van der Waals surface area (Å²) in [5.74, 6) is 1.07. The summed E-state index contributed by atoms with van der Waals surface area (Å²) in [7, 11) is 0. The first-order chi connectivity index (χ1) is 15.2. The highest BCUT2D eigenvalue weighted by Crippen LogP contribution is 2.41. The van der Waals surface area contributed by atoms with E-state index >= 15 is 0 Å². The third kappa shape index (κ3) is 3.85. The van der Waals surface area contributed by atoms with Gasteiger partial charge in [0.05, 0.1) is 38.2 Å². The van der Waals surface area contributed by atoms with Crippen LogP contribution < -0.4 is 5.32 Å². The molecule has 0 radical (unpaired) electrons. The van der Waals surface area contributed by atoms with Crippen LogP contribution in [0.5, 0.6) is 0 Å². The molecule has 5 nitrogen and oxygen atoms in total. The Balaban J connectivity index is 1.38. The number of aromatic nitrogens is 3. The molecule has 0 unspecified atom stereocenters. The van der Waals surface area contributed by atoms with Gasteiger partial charge in [-0.25, -0.2) is 9.97 Å². The number of fused-ring (bicyclic) bond motifs is 2. The number of carbonyl (C=O) groups excluding carboxylic acids is 1. The van der Waals surface area contributed by atoms with E-state index in [4.69, 9.17) is 9.97 Å². The van der Waals surface area contributed by atoms with Crippen molar-refractivity contribution in [1.29, 1.82) is 0 Å². The number of amides is 1. The maximum Gasteiger partial charge on any atom is 0.227 e. The summed E-state index contributed by atoms with van der Waals surface area (Å²) in [5.41, 5.74) is 2.77. The van der Waals surface area contributed by atoms with Crippen LogP contribution in [0.1, 0.15) is 49.9 Å². The third-order valence-electron chi connectivity index (χ3n) is 6.58. The lowest BCUT2D eigenvalue weighted by molar-refractivity contribution is -0.133. The summed E-state index contributed by atoms with van der Waals surface area (Å²) < 4.78 is 3.39. The van der Waals surface area contributed by atoms with Crippen LogP contribution in [0.15, 0.2) is 48.5 Å². The summed E-state index contributed by atoms with van der Waals surface area (Å²) >= 11 is 1.72. The molecule has 1 amide bonds. The summed E-state index contributed by atoms with van der Waals surface area (Å²) in [6, 6.07) is 16.4. The Morgan fingerprint density at radius 1 is 1.03 bits per heavy atom. The topological polar surface area (TPSA) is 59.8 Å². The van der Waals surface area contributed by atoms with E-state index in [0.29, 0.717) is 6.54 Å². The molecular formula is C25H28N4OS. The number of nitrogens with zero attached hydrogens (tertiary/aromatic N) is 3. The Kier molecular flexibility index (Phi) is 5.48. The van der Waals surface area contributed by atoms with Crippen LogP contribution in [0.4, 0.5) is 0 Å². The molecule has 6 heteroatoms.